The summed E-state index contributed by atoms with van der Waals surface area (Å²) in [5.41, 5.74) is 0. The first-order chi connectivity index (χ1) is 5.83. The van der Waals surface area contributed by atoms with E-state index < -0.39 is 6.09 Å². The van der Waals surface area contributed by atoms with E-state index in [1.807, 2.05) is 0 Å². The highest BCUT2D eigenvalue weighted by molar-refractivity contribution is 5.66. The van der Waals surface area contributed by atoms with Gasteiger partial charge in [-0.1, -0.05) is 19.3 Å². The van der Waals surface area contributed by atoms with Gasteiger partial charge in [0.15, 0.2) is 0 Å². The third-order valence-corrected chi connectivity index (χ3v) is 2.37. The van der Waals surface area contributed by atoms with Gasteiger partial charge in [-0.2, -0.15) is 5.90 Å². The summed E-state index contributed by atoms with van der Waals surface area (Å²) in [4.78, 5) is 14.6. The van der Waals surface area contributed by atoms with Crippen molar-refractivity contribution in [1.82, 2.24) is 5.32 Å². The Morgan fingerprint density at radius 1 is 1.42 bits per heavy atom. The van der Waals surface area contributed by atoms with E-state index in [0.29, 0.717) is 12.5 Å². The molecule has 0 radical (unpaired) electrons. The van der Waals surface area contributed by atoms with Gasteiger partial charge in [0.25, 0.3) is 0 Å². The van der Waals surface area contributed by atoms with Crippen molar-refractivity contribution in [3.05, 3.63) is 0 Å². The molecule has 0 saturated heterocycles. The van der Waals surface area contributed by atoms with Crippen molar-refractivity contribution in [3.63, 3.8) is 0 Å². The van der Waals surface area contributed by atoms with E-state index in [4.69, 9.17) is 0 Å². The molecule has 4 heteroatoms. The van der Waals surface area contributed by atoms with Gasteiger partial charge in [-0.05, 0) is 18.8 Å². The maximum Gasteiger partial charge on any atom is 0.425 e. The van der Waals surface area contributed by atoms with Crippen molar-refractivity contribution in [2.45, 2.75) is 32.1 Å². The molecule has 0 unspecified atom stereocenters. The highest BCUT2D eigenvalue weighted by Crippen LogP contribution is 2.22. The second kappa shape index (κ2) is 4.98. The number of carbonyl (C=O) groups excluding carboxylic acids is 1. The molecular weight excluding hydrogens is 156 g/mol. The molecule has 0 spiro atoms. The second-order valence-corrected chi connectivity index (χ2v) is 3.29. The van der Waals surface area contributed by atoms with E-state index in [1.165, 1.54) is 32.1 Å². The van der Waals surface area contributed by atoms with Crippen LogP contribution in [0.25, 0.3) is 0 Å². The molecule has 0 atom stereocenters. The molecular formula is C8H16N2O2. The number of rotatable bonds is 2. The van der Waals surface area contributed by atoms with E-state index >= 15 is 0 Å². The van der Waals surface area contributed by atoms with Crippen molar-refractivity contribution in [2.75, 3.05) is 6.54 Å². The Morgan fingerprint density at radius 2 is 2.08 bits per heavy atom. The van der Waals surface area contributed by atoms with Gasteiger partial charge in [0, 0.05) is 6.54 Å². The second-order valence-electron chi connectivity index (χ2n) is 3.29. The Kier molecular flexibility index (Phi) is 3.87. The molecule has 0 aliphatic heterocycles. The molecule has 1 saturated carbocycles. The maximum atomic E-state index is 10.6. The summed E-state index contributed by atoms with van der Waals surface area (Å²) in [6.07, 6.45) is 5.79. The van der Waals surface area contributed by atoms with Crippen LogP contribution in [0.3, 0.4) is 0 Å². The summed E-state index contributed by atoms with van der Waals surface area (Å²) in [5, 5.41) is 2.62. The molecule has 0 aromatic heterocycles. The van der Waals surface area contributed by atoms with Crippen LogP contribution in [0.4, 0.5) is 4.79 Å². The Balaban J connectivity index is 2.09. The molecule has 4 nitrogen and oxygen atoms in total. The van der Waals surface area contributed by atoms with Crippen LogP contribution < -0.4 is 11.2 Å². The number of hydrogen-bond acceptors (Lipinski definition) is 3. The molecule has 0 heterocycles. The summed E-state index contributed by atoms with van der Waals surface area (Å²) in [5.74, 6) is 5.30. The number of nitrogens with two attached hydrogens (primary N) is 1. The fourth-order valence-electron chi connectivity index (χ4n) is 1.66. The van der Waals surface area contributed by atoms with Crippen LogP contribution in [0.5, 0.6) is 0 Å². The van der Waals surface area contributed by atoms with Crippen LogP contribution in [-0.4, -0.2) is 12.6 Å². The average molecular weight is 172 g/mol. The maximum absolute atomic E-state index is 10.6. The highest BCUT2D eigenvalue weighted by atomic mass is 16.7. The average Bonchev–Trinajstić information content (AvgIpc) is 2.16. The highest BCUT2D eigenvalue weighted by Gasteiger charge is 2.13. The first-order valence-corrected chi connectivity index (χ1v) is 4.47. The molecule has 3 N–H and O–H groups in total. The SMILES string of the molecule is NOC(=O)NCC1CCCCC1. The topological polar surface area (TPSA) is 64.3 Å². The molecule has 1 aliphatic carbocycles. The molecule has 0 bridgehead atoms. The Morgan fingerprint density at radius 3 is 2.67 bits per heavy atom. The van der Waals surface area contributed by atoms with Gasteiger partial charge in [0.1, 0.15) is 0 Å². The first-order valence-electron chi connectivity index (χ1n) is 4.47. The van der Waals surface area contributed by atoms with Crippen molar-refractivity contribution in [2.24, 2.45) is 11.8 Å². The fourth-order valence-corrected chi connectivity index (χ4v) is 1.66. The van der Waals surface area contributed by atoms with Crippen LogP contribution in [0.1, 0.15) is 32.1 Å². The zero-order valence-corrected chi connectivity index (χ0v) is 7.21. The molecule has 0 aromatic rings. The van der Waals surface area contributed by atoms with Gasteiger partial charge in [-0.3, -0.25) is 0 Å². The zero-order chi connectivity index (χ0) is 8.81. The van der Waals surface area contributed by atoms with Crippen LogP contribution in [0.15, 0.2) is 0 Å². The molecule has 0 aromatic carbocycles. The van der Waals surface area contributed by atoms with Crippen LogP contribution in [-0.2, 0) is 4.84 Å². The van der Waals surface area contributed by atoms with Gasteiger partial charge < -0.3 is 10.2 Å². The third-order valence-electron chi connectivity index (χ3n) is 2.37. The molecule has 1 rings (SSSR count). The summed E-state index contributed by atoms with van der Waals surface area (Å²) < 4.78 is 0. The lowest BCUT2D eigenvalue weighted by molar-refractivity contribution is 0.145. The van der Waals surface area contributed by atoms with E-state index in [0.717, 1.165) is 0 Å². The molecule has 12 heavy (non-hydrogen) atoms. The van der Waals surface area contributed by atoms with Crippen molar-refractivity contribution in [1.29, 1.82) is 0 Å². The fraction of sp³-hybridized carbons (Fsp3) is 0.875. The third kappa shape index (κ3) is 3.09. The number of nitrogens with one attached hydrogen (secondary N) is 1. The number of amides is 1. The lowest BCUT2D eigenvalue weighted by atomic mass is 9.89. The lowest BCUT2D eigenvalue weighted by Crippen LogP contribution is -2.32. The molecule has 1 aliphatic rings. The van der Waals surface area contributed by atoms with Gasteiger partial charge in [0.2, 0.25) is 0 Å². The van der Waals surface area contributed by atoms with E-state index in [1.54, 1.807) is 0 Å². The predicted molar refractivity (Wildman–Crippen MR) is 45.2 cm³/mol. The van der Waals surface area contributed by atoms with Gasteiger partial charge in [-0.25, -0.2) is 4.79 Å². The standard InChI is InChI=1S/C8H16N2O2/c9-12-8(11)10-6-7-4-2-1-3-5-7/h7H,1-6,9H2,(H,10,11). The normalized spacial score (nSPS) is 18.8. The molecule has 1 amide bonds. The monoisotopic (exact) mass is 172 g/mol. The summed E-state index contributed by atoms with van der Waals surface area (Å²) >= 11 is 0. The van der Waals surface area contributed by atoms with E-state index in [2.05, 4.69) is 16.1 Å². The largest absolute Gasteiger partial charge is 0.425 e. The van der Waals surface area contributed by atoms with Crippen LogP contribution >= 0.6 is 0 Å². The quantitative estimate of drug-likeness (QED) is 0.614. The van der Waals surface area contributed by atoms with E-state index in [-0.39, 0.29) is 0 Å². The van der Waals surface area contributed by atoms with Gasteiger partial charge >= 0.3 is 6.09 Å². The van der Waals surface area contributed by atoms with Crippen molar-refractivity contribution >= 4 is 6.09 Å². The molecule has 1 fully saturated rings. The Bertz CT molecular complexity index is 144. The minimum atomic E-state index is -0.527. The van der Waals surface area contributed by atoms with Crippen LogP contribution in [0.2, 0.25) is 0 Å². The Hall–Kier alpha value is -0.770. The lowest BCUT2D eigenvalue weighted by Gasteiger charge is -2.21. The van der Waals surface area contributed by atoms with Gasteiger partial charge in [0.05, 0.1) is 0 Å². The Labute approximate surface area is 72.4 Å². The predicted octanol–water partition coefficient (Wildman–Crippen LogP) is 1.17. The van der Waals surface area contributed by atoms with E-state index in [9.17, 15) is 4.79 Å². The summed E-state index contributed by atoms with van der Waals surface area (Å²) in [6.45, 7) is 0.704. The van der Waals surface area contributed by atoms with Crippen molar-refractivity contribution in [3.8, 4) is 0 Å². The van der Waals surface area contributed by atoms with Gasteiger partial charge in [-0.15, -0.1) is 0 Å². The minimum absolute atomic E-state index is 0.527. The zero-order valence-electron chi connectivity index (χ0n) is 7.21. The molecule has 70 valence electrons. The summed E-state index contributed by atoms with van der Waals surface area (Å²) in [6, 6.07) is 0. The summed E-state index contributed by atoms with van der Waals surface area (Å²) in [7, 11) is 0. The minimum Gasteiger partial charge on any atom is -0.357 e. The smallest absolute Gasteiger partial charge is 0.357 e. The number of carbonyl (C=O) groups is 1. The van der Waals surface area contributed by atoms with Crippen molar-refractivity contribution < 1.29 is 9.63 Å². The first kappa shape index (κ1) is 9.32. The number of hydrogen-bond donors (Lipinski definition) is 2. The van der Waals surface area contributed by atoms with Crippen LogP contribution in [0, 0.1) is 5.92 Å².